The Labute approximate surface area is 224 Å². The number of rotatable bonds is 4. The number of aromatic nitrogens is 2. The van der Waals surface area contributed by atoms with Crippen molar-refractivity contribution in [3.05, 3.63) is 117 Å². The van der Waals surface area contributed by atoms with Crippen LogP contribution in [0.5, 0.6) is 0 Å². The lowest BCUT2D eigenvalue weighted by Crippen LogP contribution is -2.52. The average molecular weight is 493 g/mol. The highest BCUT2D eigenvalue weighted by Crippen LogP contribution is 2.53. The van der Waals surface area contributed by atoms with E-state index in [-0.39, 0.29) is 10.8 Å². The fourth-order valence-electron chi connectivity index (χ4n) is 6.43. The van der Waals surface area contributed by atoms with E-state index in [1.807, 2.05) is 0 Å². The van der Waals surface area contributed by atoms with Crippen LogP contribution < -0.4 is 9.13 Å². The number of hydrogen-bond donors (Lipinski definition) is 0. The van der Waals surface area contributed by atoms with Gasteiger partial charge in [-0.25, -0.2) is 9.13 Å². The number of hydrogen-bond acceptors (Lipinski definition) is 0. The van der Waals surface area contributed by atoms with Crippen LogP contribution in [0.1, 0.15) is 71.0 Å². The van der Waals surface area contributed by atoms with E-state index >= 15 is 0 Å². The zero-order valence-corrected chi connectivity index (χ0v) is 24.7. The minimum atomic E-state index is -0.375. The normalized spacial score (nSPS) is 13.5. The molecule has 4 rings (SSSR count). The van der Waals surface area contributed by atoms with E-state index in [0.29, 0.717) is 0 Å². The highest BCUT2D eigenvalue weighted by molar-refractivity contribution is 5.68. The van der Waals surface area contributed by atoms with Gasteiger partial charge in [-0.2, -0.15) is 0 Å². The maximum atomic E-state index is 2.44. The van der Waals surface area contributed by atoms with Crippen molar-refractivity contribution in [3.8, 4) is 11.3 Å². The Morgan fingerprint density at radius 2 is 1.14 bits per heavy atom. The predicted octanol–water partition coefficient (Wildman–Crippen LogP) is 7.23. The first-order chi connectivity index (χ1) is 17.3. The second kappa shape index (κ2) is 9.56. The summed E-state index contributed by atoms with van der Waals surface area (Å²) in [5.41, 5.74) is 13.9. The molecule has 2 aromatic carbocycles. The molecule has 0 fully saturated rings. The molecule has 0 N–H and O–H groups in total. The zero-order valence-electron chi connectivity index (χ0n) is 24.7. The lowest BCUT2D eigenvalue weighted by atomic mass is 9.55. The molecule has 4 aromatic rings. The molecule has 1 unspecified atom stereocenters. The van der Waals surface area contributed by atoms with E-state index in [1.165, 1.54) is 61.5 Å². The van der Waals surface area contributed by atoms with Gasteiger partial charge >= 0.3 is 0 Å². The summed E-state index contributed by atoms with van der Waals surface area (Å²) in [6.07, 6.45) is 4.49. The minimum Gasteiger partial charge on any atom is -0.204 e. The summed E-state index contributed by atoms with van der Waals surface area (Å²) < 4.78 is 4.62. The molecule has 1 atom stereocenters. The van der Waals surface area contributed by atoms with Crippen LogP contribution in [-0.2, 0) is 19.5 Å². The molecule has 0 spiro atoms. The van der Waals surface area contributed by atoms with Gasteiger partial charge in [-0.05, 0) is 93.0 Å². The molecule has 2 nitrogen and oxygen atoms in total. The van der Waals surface area contributed by atoms with Crippen molar-refractivity contribution in [2.24, 2.45) is 19.5 Å². The first-order valence-corrected chi connectivity index (χ1v) is 13.4. The van der Waals surface area contributed by atoms with E-state index in [1.54, 1.807) is 0 Å². The zero-order chi connectivity index (χ0) is 27.3. The molecule has 37 heavy (non-hydrogen) atoms. The van der Waals surface area contributed by atoms with Crippen molar-refractivity contribution in [3.63, 3.8) is 0 Å². The fraction of sp³-hybridized carbons (Fsp3) is 0.371. The molecular weight excluding hydrogens is 448 g/mol. The highest BCUT2D eigenvalue weighted by Gasteiger charge is 2.53. The molecule has 2 aromatic heterocycles. The predicted molar refractivity (Wildman–Crippen MR) is 155 cm³/mol. The number of aryl methyl sites for hydroxylation is 7. The molecule has 2 heteroatoms. The van der Waals surface area contributed by atoms with Gasteiger partial charge in [-0.3, -0.25) is 0 Å². The summed E-state index contributed by atoms with van der Waals surface area (Å²) in [7, 11) is 4.37. The topological polar surface area (TPSA) is 7.76 Å². The Kier molecular flexibility index (Phi) is 6.92. The van der Waals surface area contributed by atoms with Crippen LogP contribution in [-0.4, -0.2) is 0 Å². The summed E-state index contributed by atoms with van der Waals surface area (Å²) >= 11 is 0. The van der Waals surface area contributed by atoms with E-state index < -0.39 is 0 Å². The summed E-state index contributed by atoms with van der Waals surface area (Å²) in [5.74, 6) is 0. The van der Waals surface area contributed by atoms with Gasteiger partial charge in [0.2, 0.25) is 5.69 Å². The van der Waals surface area contributed by atoms with Crippen molar-refractivity contribution in [1.29, 1.82) is 0 Å². The summed E-state index contributed by atoms with van der Waals surface area (Å²) in [4.78, 5) is 0. The first kappa shape index (κ1) is 26.8. The lowest BCUT2D eigenvalue weighted by Gasteiger charge is -2.45. The van der Waals surface area contributed by atoms with Crippen molar-refractivity contribution in [2.75, 3.05) is 0 Å². The van der Waals surface area contributed by atoms with Crippen molar-refractivity contribution in [1.82, 2.24) is 0 Å². The maximum absolute atomic E-state index is 2.44. The third-order valence-corrected chi connectivity index (χ3v) is 8.10. The van der Waals surface area contributed by atoms with Crippen molar-refractivity contribution < 1.29 is 9.13 Å². The Hall–Kier alpha value is -3.26. The fourth-order valence-corrected chi connectivity index (χ4v) is 6.43. The van der Waals surface area contributed by atoms with Gasteiger partial charge in [-0.1, -0.05) is 50.6 Å². The van der Waals surface area contributed by atoms with Gasteiger partial charge in [0, 0.05) is 28.8 Å². The van der Waals surface area contributed by atoms with Gasteiger partial charge in [0.1, 0.15) is 19.5 Å². The molecule has 0 saturated carbocycles. The first-order valence-electron chi connectivity index (χ1n) is 13.4. The van der Waals surface area contributed by atoms with E-state index in [2.05, 4.69) is 153 Å². The smallest absolute Gasteiger partial charge is 0.204 e. The lowest BCUT2D eigenvalue weighted by molar-refractivity contribution is -0.683. The minimum absolute atomic E-state index is 0.121. The Bertz CT molecular complexity index is 1490. The van der Waals surface area contributed by atoms with Gasteiger partial charge < -0.3 is 0 Å². The molecule has 0 aliphatic heterocycles. The second-order valence-corrected chi connectivity index (χ2v) is 12.2. The van der Waals surface area contributed by atoms with Crippen LogP contribution in [0.2, 0.25) is 0 Å². The van der Waals surface area contributed by atoms with E-state index in [4.69, 9.17) is 0 Å². The molecular formula is C35H44N2+2. The van der Waals surface area contributed by atoms with Crippen molar-refractivity contribution in [2.45, 2.75) is 67.7 Å². The second-order valence-electron chi connectivity index (χ2n) is 12.2. The van der Waals surface area contributed by atoms with Gasteiger partial charge in [0.15, 0.2) is 18.1 Å². The molecule has 0 aliphatic carbocycles. The number of nitrogens with zero attached hydrogens (tertiary/aromatic N) is 2. The molecule has 0 bridgehead atoms. The number of pyridine rings is 2. The van der Waals surface area contributed by atoms with E-state index in [9.17, 15) is 0 Å². The average Bonchev–Trinajstić information content (AvgIpc) is 2.79. The van der Waals surface area contributed by atoms with Crippen LogP contribution in [0, 0.1) is 47.0 Å². The monoisotopic (exact) mass is 492 g/mol. The van der Waals surface area contributed by atoms with Crippen LogP contribution in [0.3, 0.4) is 0 Å². The summed E-state index contributed by atoms with van der Waals surface area (Å²) in [5, 5.41) is 0. The van der Waals surface area contributed by atoms with Gasteiger partial charge in [0.05, 0.1) is 0 Å². The maximum Gasteiger partial charge on any atom is 0.212 e. The van der Waals surface area contributed by atoms with Crippen LogP contribution >= 0.6 is 0 Å². The molecule has 2 heterocycles. The SMILES string of the molecule is Cc1ccc(C)c(C(c2cc(C)cc(-c3ccc(C)c[n+]3C)c2C)(c2ccc(C)c[n+]2C)C(C)(C)C)c1. The Morgan fingerprint density at radius 1 is 0.568 bits per heavy atom. The molecule has 0 radical (unpaired) electrons. The van der Waals surface area contributed by atoms with Crippen molar-refractivity contribution >= 4 is 0 Å². The van der Waals surface area contributed by atoms with Crippen LogP contribution in [0.25, 0.3) is 11.3 Å². The third kappa shape index (κ3) is 4.52. The number of benzene rings is 2. The summed E-state index contributed by atoms with van der Waals surface area (Å²) in [6, 6.07) is 20.9. The molecule has 0 aliphatic rings. The molecule has 192 valence electrons. The van der Waals surface area contributed by atoms with Crippen LogP contribution in [0.15, 0.2) is 67.0 Å². The highest BCUT2D eigenvalue weighted by atomic mass is 14.9. The molecule has 0 amide bonds. The molecule has 0 saturated heterocycles. The third-order valence-electron chi connectivity index (χ3n) is 8.10. The quantitative estimate of drug-likeness (QED) is 0.265. The van der Waals surface area contributed by atoms with E-state index in [0.717, 1.165) is 0 Å². The summed E-state index contributed by atoms with van der Waals surface area (Å²) in [6.45, 7) is 20.6. The Balaban J connectivity index is 2.25. The standard InChI is InChI=1S/C35H44N2/c1-23-12-15-27(5)30(19-23)35(34(7,8)9,33-17-14-25(3)22-37(33)11)31-20-26(4)18-29(28(31)6)32-16-13-24(2)21-36(32)10/h12-22H,1-11H3/q+2. The Morgan fingerprint density at radius 3 is 1.73 bits per heavy atom. The van der Waals surface area contributed by atoms with Gasteiger partial charge in [-0.15, -0.1) is 0 Å². The van der Waals surface area contributed by atoms with Crippen LogP contribution in [0.4, 0.5) is 0 Å². The van der Waals surface area contributed by atoms with Gasteiger partial charge in [0.25, 0.3) is 0 Å². The largest absolute Gasteiger partial charge is 0.212 e.